The van der Waals surface area contributed by atoms with E-state index in [0.717, 1.165) is 32.5 Å². The van der Waals surface area contributed by atoms with Crippen LogP contribution in [0.25, 0.3) is 0 Å². The van der Waals surface area contributed by atoms with Crippen LogP contribution in [0.4, 0.5) is 5.82 Å². The number of hydrogen-bond donors (Lipinski definition) is 2. The molecule has 0 aromatic carbocycles. The van der Waals surface area contributed by atoms with Gasteiger partial charge in [0.05, 0.1) is 5.56 Å². The number of aromatic carboxylic acids is 1. The summed E-state index contributed by atoms with van der Waals surface area (Å²) in [6.45, 7) is 5.25. The van der Waals surface area contributed by atoms with Gasteiger partial charge in [0.1, 0.15) is 11.0 Å². The normalized spacial score (nSPS) is 20.2. The number of carbonyl (C=O) groups is 1. The SMILES string of the molecule is CCN1CCCC(Nc2cc(C(=O)O)cc(Cl)n2)C1. The smallest absolute Gasteiger partial charge is 0.335 e. The average Bonchev–Trinajstić information content (AvgIpc) is 2.38. The molecule has 2 N–H and O–H groups in total. The molecule has 0 bridgehead atoms. The fourth-order valence-electron chi connectivity index (χ4n) is 2.36. The second kappa shape index (κ2) is 6.21. The molecule has 2 rings (SSSR count). The highest BCUT2D eigenvalue weighted by Gasteiger charge is 2.19. The summed E-state index contributed by atoms with van der Waals surface area (Å²) in [6.07, 6.45) is 2.20. The summed E-state index contributed by atoms with van der Waals surface area (Å²) in [5.74, 6) is -0.459. The van der Waals surface area contributed by atoms with E-state index in [-0.39, 0.29) is 10.7 Å². The number of halogens is 1. The van der Waals surface area contributed by atoms with Gasteiger partial charge in [-0.05, 0) is 38.1 Å². The van der Waals surface area contributed by atoms with Gasteiger partial charge in [0.25, 0.3) is 0 Å². The van der Waals surface area contributed by atoms with Crippen molar-refractivity contribution in [3.63, 3.8) is 0 Å². The second-order valence-electron chi connectivity index (χ2n) is 4.75. The molecule has 2 heterocycles. The summed E-state index contributed by atoms with van der Waals surface area (Å²) in [7, 11) is 0. The lowest BCUT2D eigenvalue weighted by Crippen LogP contribution is -2.42. The van der Waals surface area contributed by atoms with E-state index in [1.165, 1.54) is 12.1 Å². The molecule has 0 saturated carbocycles. The first kappa shape index (κ1) is 14.1. The van der Waals surface area contributed by atoms with Gasteiger partial charge in [0.15, 0.2) is 0 Å². The van der Waals surface area contributed by atoms with Gasteiger partial charge in [-0.3, -0.25) is 0 Å². The first-order chi connectivity index (χ1) is 9.08. The van der Waals surface area contributed by atoms with Crippen molar-refractivity contribution < 1.29 is 9.90 Å². The first-order valence-corrected chi connectivity index (χ1v) is 6.86. The molecule has 0 aliphatic carbocycles. The van der Waals surface area contributed by atoms with Gasteiger partial charge in [-0.25, -0.2) is 9.78 Å². The van der Waals surface area contributed by atoms with Gasteiger partial charge in [-0.1, -0.05) is 18.5 Å². The van der Waals surface area contributed by atoms with Crippen molar-refractivity contribution >= 4 is 23.4 Å². The number of pyridine rings is 1. The van der Waals surface area contributed by atoms with Crippen LogP contribution >= 0.6 is 11.6 Å². The fraction of sp³-hybridized carbons (Fsp3) is 0.538. The van der Waals surface area contributed by atoms with Gasteiger partial charge in [0, 0.05) is 12.6 Å². The number of piperidine rings is 1. The van der Waals surface area contributed by atoms with Crippen molar-refractivity contribution in [1.29, 1.82) is 0 Å². The van der Waals surface area contributed by atoms with Crippen molar-refractivity contribution in [3.05, 3.63) is 22.8 Å². The van der Waals surface area contributed by atoms with Crippen molar-refractivity contribution in [1.82, 2.24) is 9.88 Å². The van der Waals surface area contributed by atoms with Crippen molar-refractivity contribution in [2.75, 3.05) is 25.0 Å². The Morgan fingerprint density at radius 2 is 2.42 bits per heavy atom. The van der Waals surface area contributed by atoms with Crippen molar-refractivity contribution in [2.45, 2.75) is 25.8 Å². The summed E-state index contributed by atoms with van der Waals surface area (Å²) < 4.78 is 0. The molecule has 1 aromatic rings. The van der Waals surface area contributed by atoms with Crippen LogP contribution in [0.15, 0.2) is 12.1 Å². The molecule has 1 atom stereocenters. The van der Waals surface area contributed by atoms with Crippen LogP contribution in [0, 0.1) is 0 Å². The number of carboxylic acid groups (broad SMARTS) is 1. The van der Waals surface area contributed by atoms with E-state index in [4.69, 9.17) is 16.7 Å². The predicted molar refractivity (Wildman–Crippen MR) is 75.0 cm³/mol. The minimum absolute atomic E-state index is 0.158. The van der Waals surface area contributed by atoms with E-state index >= 15 is 0 Å². The average molecular weight is 284 g/mol. The Morgan fingerprint density at radius 3 is 3.11 bits per heavy atom. The summed E-state index contributed by atoms with van der Waals surface area (Å²) in [6, 6.07) is 3.18. The molecule has 0 radical (unpaired) electrons. The maximum Gasteiger partial charge on any atom is 0.335 e. The zero-order valence-electron chi connectivity index (χ0n) is 10.9. The fourth-order valence-corrected chi connectivity index (χ4v) is 2.57. The van der Waals surface area contributed by atoms with E-state index in [2.05, 4.69) is 22.1 Å². The van der Waals surface area contributed by atoms with Gasteiger partial charge >= 0.3 is 5.97 Å². The monoisotopic (exact) mass is 283 g/mol. The maximum atomic E-state index is 11.0. The standard InChI is InChI=1S/C13H18ClN3O2/c1-2-17-5-3-4-10(8-17)15-12-7-9(13(18)19)6-11(14)16-12/h6-7,10H,2-5,8H2,1H3,(H,15,16)(H,18,19). The summed E-state index contributed by atoms with van der Waals surface area (Å²) >= 11 is 5.84. The number of aromatic nitrogens is 1. The number of rotatable bonds is 4. The van der Waals surface area contributed by atoms with Crippen molar-refractivity contribution in [3.8, 4) is 0 Å². The van der Waals surface area contributed by atoms with Crippen LogP contribution < -0.4 is 5.32 Å². The number of nitrogens with zero attached hydrogens (tertiary/aromatic N) is 2. The number of anilines is 1. The highest BCUT2D eigenvalue weighted by Crippen LogP contribution is 2.18. The number of likely N-dealkylation sites (tertiary alicyclic amines) is 1. The van der Waals surface area contributed by atoms with Crippen molar-refractivity contribution in [2.24, 2.45) is 0 Å². The summed E-state index contributed by atoms with van der Waals surface area (Å²) in [5, 5.41) is 12.5. The Balaban J connectivity index is 2.08. The molecule has 1 aromatic heterocycles. The molecular formula is C13H18ClN3O2. The maximum absolute atomic E-state index is 11.0. The lowest BCUT2D eigenvalue weighted by Gasteiger charge is -2.32. The predicted octanol–water partition coefficient (Wildman–Crippen LogP) is 2.33. The Hall–Kier alpha value is -1.33. The Labute approximate surface area is 117 Å². The van der Waals surface area contributed by atoms with Gasteiger partial charge < -0.3 is 15.3 Å². The molecular weight excluding hydrogens is 266 g/mol. The molecule has 104 valence electrons. The zero-order chi connectivity index (χ0) is 13.8. The van der Waals surface area contributed by atoms with Gasteiger partial charge in [-0.15, -0.1) is 0 Å². The third-order valence-electron chi connectivity index (χ3n) is 3.35. The Kier molecular flexibility index (Phi) is 4.61. The van der Waals surface area contributed by atoms with Crippen LogP contribution in [0.2, 0.25) is 5.15 Å². The first-order valence-electron chi connectivity index (χ1n) is 6.48. The quantitative estimate of drug-likeness (QED) is 0.830. The molecule has 0 amide bonds. The molecule has 1 unspecified atom stereocenters. The molecule has 1 fully saturated rings. The molecule has 1 aliphatic rings. The number of hydrogen-bond acceptors (Lipinski definition) is 4. The summed E-state index contributed by atoms with van der Waals surface area (Å²) in [5.41, 5.74) is 0.158. The topological polar surface area (TPSA) is 65.5 Å². The highest BCUT2D eigenvalue weighted by atomic mass is 35.5. The Bertz CT molecular complexity index is 467. The van der Waals surface area contributed by atoms with Crippen LogP contribution in [-0.4, -0.2) is 46.6 Å². The zero-order valence-corrected chi connectivity index (χ0v) is 11.7. The molecule has 1 aliphatic heterocycles. The second-order valence-corrected chi connectivity index (χ2v) is 5.13. The molecule has 19 heavy (non-hydrogen) atoms. The van der Waals surface area contributed by atoms with Crippen LogP contribution in [0.3, 0.4) is 0 Å². The van der Waals surface area contributed by atoms with E-state index in [0.29, 0.717) is 11.9 Å². The third kappa shape index (κ3) is 3.81. The Morgan fingerprint density at radius 1 is 1.63 bits per heavy atom. The minimum Gasteiger partial charge on any atom is -0.478 e. The van der Waals surface area contributed by atoms with E-state index < -0.39 is 5.97 Å². The highest BCUT2D eigenvalue weighted by molar-refractivity contribution is 6.29. The van der Waals surface area contributed by atoms with E-state index in [9.17, 15) is 4.79 Å². The number of carboxylic acids is 1. The number of nitrogens with one attached hydrogen (secondary N) is 1. The van der Waals surface area contributed by atoms with Gasteiger partial charge in [0.2, 0.25) is 0 Å². The lowest BCUT2D eigenvalue weighted by molar-refractivity contribution is 0.0697. The molecule has 0 spiro atoms. The number of likely N-dealkylation sites (N-methyl/N-ethyl adjacent to an activating group) is 1. The summed E-state index contributed by atoms with van der Waals surface area (Å²) in [4.78, 5) is 17.5. The third-order valence-corrected chi connectivity index (χ3v) is 3.54. The van der Waals surface area contributed by atoms with Gasteiger partial charge in [-0.2, -0.15) is 0 Å². The lowest BCUT2D eigenvalue weighted by atomic mass is 10.1. The largest absolute Gasteiger partial charge is 0.478 e. The molecule has 5 nitrogen and oxygen atoms in total. The van der Waals surface area contributed by atoms with Crippen LogP contribution in [0.5, 0.6) is 0 Å². The molecule has 6 heteroatoms. The van der Waals surface area contributed by atoms with E-state index in [1.807, 2.05) is 0 Å². The van der Waals surface area contributed by atoms with Crippen LogP contribution in [-0.2, 0) is 0 Å². The minimum atomic E-state index is -0.994. The van der Waals surface area contributed by atoms with Crippen LogP contribution in [0.1, 0.15) is 30.1 Å². The van der Waals surface area contributed by atoms with E-state index in [1.54, 1.807) is 0 Å². The molecule has 1 saturated heterocycles.